The Kier molecular flexibility index (Phi) is 5.33. The summed E-state index contributed by atoms with van der Waals surface area (Å²) in [5, 5.41) is 0. The quantitative estimate of drug-likeness (QED) is 0.740. The van der Waals surface area contributed by atoms with Crippen LogP contribution in [0.3, 0.4) is 0 Å². The van der Waals surface area contributed by atoms with Gasteiger partial charge < -0.3 is 9.30 Å². The van der Waals surface area contributed by atoms with Crippen molar-refractivity contribution in [3.05, 3.63) is 33.9 Å². The van der Waals surface area contributed by atoms with E-state index in [1.807, 2.05) is 0 Å². The number of nitrogens with one attached hydrogen (secondary N) is 1. The molecule has 2 aliphatic carbocycles. The van der Waals surface area contributed by atoms with Gasteiger partial charge in [0.2, 0.25) is 16.0 Å². The third-order valence-corrected chi connectivity index (χ3v) is 6.76. The van der Waals surface area contributed by atoms with Gasteiger partial charge in [0.15, 0.2) is 5.75 Å². The highest BCUT2D eigenvalue weighted by molar-refractivity contribution is 7.92. The topological polar surface area (TPSA) is 103 Å². The molecule has 0 spiro atoms. The number of fused-ring (bicyclic) bond motifs is 1. The summed E-state index contributed by atoms with van der Waals surface area (Å²) >= 11 is 0. The van der Waals surface area contributed by atoms with E-state index in [0.717, 1.165) is 55.2 Å². The molecular formula is C20H26N4O4S. The van der Waals surface area contributed by atoms with Crippen LogP contribution in [-0.4, -0.2) is 35.3 Å². The Morgan fingerprint density at radius 1 is 1.24 bits per heavy atom. The van der Waals surface area contributed by atoms with E-state index in [1.165, 1.54) is 6.20 Å². The molecule has 9 heteroatoms. The Hall–Kier alpha value is -2.42. The monoisotopic (exact) mass is 418 g/mol. The fourth-order valence-corrected chi connectivity index (χ4v) is 4.13. The zero-order chi connectivity index (χ0) is 20.6. The van der Waals surface area contributed by atoms with Gasteiger partial charge >= 0.3 is 0 Å². The lowest BCUT2D eigenvalue weighted by Crippen LogP contribution is -2.26. The van der Waals surface area contributed by atoms with Gasteiger partial charge in [-0.3, -0.25) is 9.52 Å². The first-order valence-electron chi connectivity index (χ1n) is 10.1. The van der Waals surface area contributed by atoms with Gasteiger partial charge in [-0.2, -0.15) is 0 Å². The van der Waals surface area contributed by atoms with E-state index in [-0.39, 0.29) is 17.3 Å². The van der Waals surface area contributed by atoms with Crippen molar-refractivity contribution < 1.29 is 13.2 Å². The zero-order valence-electron chi connectivity index (χ0n) is 16.8. The van der Waals surface area contributed by atoms with E-state index in [4.69, 9.17) is 4.74 Å². The maximum Gasteiger partial charge on any atom is 0.253 e. The van der Waals surface area contributed by atoms with Crippen molar-refractivity contribution in [3.63, 3.8) is 0 Å². The van der Waals surface area contributed by atoms with Crippen LogP contribution in [0.5, 0.6) is 5.75 Å². The first kappa shape index (κ1) is 19.9. The molecule has 0 aromatic carbocycles. The summed E-state index contributed by atoms with van der Waals surface area (Å²) in [5.41, 5.74) is 3.16. The van der Waals surface area contributed by atoms with Crippen molar-refractivity contribution in [2.45, 2.75) is 45.4 Å². The van der Waals surface area contributed by atoms with E-state index < -0.39 is 10.0 Å². The lowest BCUT2D eigenvalue weighted by molar-refractivity contribution is 0.299. The van der Waals surface area contributed by atoms with Crippen molar-refractivity contribution in [3.8, 4) is 17.0 Å². The lowest BCUT2D eigenvalue weighted by Gasteiger charge is -2.21. The van der Waals surface area contributed by atoms with Crippen molar-refractivity contribution in [1.82, 2.24) is 14.5 Å². The van der Waals surface area contributed by atoms with Gasteiger partial charge in [0.05, 0.1) is 18.6 Å². The van der Waals surface area contributed by atoms with Gasteiger partial charge in [0, 0.05) is 24.4 Å². The number of nitrogens with zero attached hydrogens (tertiary/aromatic N) is 3. The Balaban J connectivity index is 1.83. The molecule has 2 aromatic heterocycles. The second-order valence-corrected chi connectivity index (χ2v) is 9.80. The number of pyridine rings is 1. The molecule has 0 unspecified atom stereocenters. The summed E-state index contributed by atoms with van der Waals surface area (Å²) in [4.78, 5) is 21.3. The summed E-state index contributed by atoms with van der Waals surface area (Å²) in [6, 6.07) is 0. The van der Waals surface area contributed by atoms with Crippen molar-refractivity contribution in [2.24, 2.45) is 13.0 Å². The van der Waals surface area contributed by atoms with Gasteiger partial charge in [0.1, 0.15) is 5.69 Å². The second-order valence-electron chi connectivity index (χ2n) is 7.79. The molecule has 0 aliphatic heterocycles. The van der Waals surface area contributed by atoms with Crippen LogP contribution in [0.15, 0.2) is 17.2 Å². The van der Waals surface area contributed by atoms with Gasteiger partial charge in [-0.15, -0.1) is 0 Å². The summed E-state index contributed by atoms with van der Waals surface area (Å²) in [6.45, 7) is 2.14. The molecule has 2 aromatic rings. The lowest BCUT2D eigenvalue weighted by atomic mass is 9.88. The first-order valence-corrected chi connectivity index (χ1v) is 11.7. The smallest absolute Gasteiger partial charge is 0.253 e. The zero-order valence-corrected chi connectivity index (χ0v) is 17.6. The molecule has 0 atom stereocenters. The number of rotatable bonds is 7. The molecule has 8 nitrogen and oxygen atoms in total. The highest BCUT2D eigenvalue weighted by Crippen LogP contribution is 2.36. The fourth-order valence-electron chi connectivity index (χ4n) is 3.61. The third kappa shape index (κ3) is 4.29. The molecule has 2 aliphatic rings. The largest absolute Gasteiger partial charge is 0.489 e. The van der Waals surface area contributed by atoms with E-state index in [9.17, 15) is 13.2 Å². The summed E-state index contributed by atoms with van der Waals surface area (Å²) < 4.78 is 34.0. The summed E-state index contributed by atoms with van der Waals surface area (Å²) in [7, 11) is -1.77. The van der Waals surface area contributed by atoms with E-state index in [2.05, 4.69) is 14.7 Å². The van der Waals surface area contributed by atoms with Crippen LogP contribution in [0.1, 0.15) is 43.7 Å². The number of aryl methyl sites for hydroxylation is 1. The van der Waals surface area contributed by atoms with Crippen LogP contribution in [-0.2, 0) is 29.9 Å². The number of hydrogen-bond donors (Lipinski definition) is 1. The Morgan fingerprint density at radius 2 is 1.97 bits per heavy atom. The minimum absolute atomic E-state index is 0.0130. The van der Waals surface area contributed by atoms with Crippen LogP contribution >= 0.6 is 0 Å². The Labute approximate surface area is 170 Å². The molecule has 0 radical (unpaired) electrons. The first-order chi connectivity index (χ1) is 13.9. The minimum atomic E-state index is -3.50. The van der Waals surface area contributed by atoms with Crippen LogP contribution in [0.25, 0.3) is 11.3 Å². The van der Waals surface area contributed by atoms with Crippen LogP contribution < -0.4 is 15.0 Å². The van der Waals surface area contributed by atoms with Crippen molar-refractivity contribution >= 4 is 16.0 Å². The molecule has 1 saturated carbocycles. The normalized spacial score (nSPS) is 16.3. The predicted octanol–water partition coefficient (Wildman–Crippen LogP) is 2.27. The highest BCUT2D eigenvalue weighted by Gasteiger charge is 2.26. The van der Waals surface area contributed by atoms with E-state index in [0.29, 0.717) is 24.0 Å². The second kappa shape index (κ2) is 7.78. The van der Waals surface area contributed by atoms with Gasteiger partial charge in [0.25, 0.3) is 5.56 Å². The number of sulfonamides is 1. The average molecular weight is 419 g/mol. The van der Waals surface area contributed by atoms with Crippen LogP contribution in [0.2, 0.25) is 0 Å². The SMILES string of the molecule is CCS(=O)(=O)Nc1ncc(OCC2CC2)c(-c2cn(C)c(=O)c3c2CCCC3)n1. The molecule has 156 valence electrons. The number of aromatic nitrogens is 3. The highest BCUT2D eigenvalue weighted by atomic mass is 32.2. The van der Waals surface area contributed by atoms with Crippen molar-refractivity contribution in [2.75, 3.05) is 17.1 Å². The van der Waals surface area contributed by atoms with Crippen LogP contribution in [0, 0.1) is 5.92 Å². The van der Waals surface area contributed by atoms with Crippen molar-refractivity contribution in [1.29, 1.82) is 0 Å². The molecular weight excluding hydrogens is 392 g/mol. The molecule has 4 rings (SSSR count). The molecule has 0 amide bonds. The molecule has 2 heterocycles. The Bertz CT molecular complexity index is 1090. The number of anilines is 1. The average Bonchev–Trinajstić information content (AvgIpc) is 3.54. The predicted molar refractivity (Wildman–Crippen MR) is 111 cm³/mol. The number of hydrogen-bond acceptors (Lipinski definition) is 6. The third-order valence-electron chi connectivity index (χ3n) is 5.50. The van der Waals surface area contributed by atoms with Gasteiger partial charge in [-0.1, -0.05) is 0 Å². The standard InChI is InChI=1S/C20H26N4O4S/c1-3-29(26,27)23-20-21-10-17(28-12-13-8-9-13)18(22-20)16-11-24(2)19(25)15-7-5-4-6-14(15)16/h10-11,13H,3-9,12H2,1-2H3,(H,21,22,23). The summed E-state index contributed by atoms with van der Waals surface area (Å²) in [6.07, 6.45) is 9.14. The van der Waals surface area contributed by atoms with Gasteiger partial charge in [-0.05, 0) is 56.9 Å². The van der Waals surface area contributed by atoms with Crippen LogP contribution in [0.4, 0.5) is 5.95 Å². The maximum atomic E-state index is 12.6. The summed E-state index contributed by atoms with van der Waals surface area (Å²) in [5.74, 6) is 1.01. The van der Waals surface area contributed by atoms with E-state index >= 15 is 0 Å². The molecule has 1 fully saturated rings. The number of ether oxygens (including phenoxy) is 1. The molecule has 29 heavy (non-hydrogen) atoms. The molecule has 0 saturated heterocycles. The molecule has 0 bridgehead atoms. The fraction of sp³-hybridized carbons (Fsp3) is 0.550. The maximum absolute atomic E-state index is 12.6. The van der Waals surface area contributed by atoms with Gasteiger partial charge in [-0.25, -0.2) is 18.4 Å². The minimum Gasteiger partial charge on any atom is -0.489 e. The van der Waals surface area contributed by atoms with E-state index in [1.54, 1.807) is 24.7 Å². The Morgan fingerprint density at radius 3 is 2.66 bits per heavy atom. The molecule has 1 N–H and O–H groups in total.